The molecule has 0 aliphatic heterocycles. The van der Waals surface area contributed by atoms with Gasteiger partial charge in [-0.25, -0.2) is 9.55 Å². The van der Waals surface area contributed by atoms with Crippen LogP contribution >= 0.6 is 0 Å². The van der Waals surface area contributed by atoms with Gasteiger partial charge in [0.1, 0.15) is 11.2 Å². The zero-order valence-corrected chi connectivity index (χ0v) is 18.0. The fraction of sp³-hybridized carbons (Fsp3) is 0.259. The molecule has 1 saturated carbocycles. The number of fused-ring (bicyclic) bond motifs is 2. The number of aryl methyl sites for hydroxylation is 2. The van der Waals surface area contributed by atoms with Crippen LogP contribution in [0.25, 0.3) is 39.2 Å². The van der Waals surface area contributed by atoms with E-state index >= 15 is 0 Å². The molecule has 0 radical (unpaired) electrons. The summed E-state index contributed by atoms with van der Waals surface area (Å²) in [5.41, 5.74) is 7.72. The summed E-state index contributed by atoms with van der Waals surface area (Å²) in [5, 5.41) is 0. The van der Waals surface area contributed by atoms with Gasteiger partial charge in [-0.15, -0.1) is 0 Å². The molecule has 31 heavy (non-hydrogen) atoms. The Kier molecular flexibility index (Phi) is 4.20. The molecule has 0 amide bonds. The highest BCUT2D eigenvalue weighted by Gasteiger charge is 2.31. The van der Waals surface area contributed by atoms with Crippen molar-refractivity contribution < 1.29 is 8.98 Å². The minimum atomic E-state index is 0.453. The van der Waals surface area contributed by atoms with E-state index in [2.05, 4.69) is 89.8 Å². The van der Waals surface area contributed by atoms with Crippen molar-refractivity contribution >= 4 is 22.1 Å². The van der Waals surface area contributed by atoms with Gasteiger partial charge < -0.3 is 4.42 Å². The van der Waals surface area contributed by atoms with Crippen LogP contribution in [0.1, 0.15) is 43.1 Å². The largest absolute Gasteiger partial charge is 0.440 e. The van der Waals surface area contributed by atoms with Crippen molar-refractivity contribution in [3.8, 4) is 17.1 Å². The Balaban J connectivity index is 1.69. The van der Waals surface area contributed by atoms with Gasteiger partial charge in [0.2, 0.25) is 0 Å². The van der Waals surface area contributed by atoms with E-state index in [1.54, 1.807) is 0 Å². The first-order chi connectivity index (χ1) is 15.2. The van der Waals surface area contributed by atoms with E-state index in [0.717, 1.165) is 34.1 Å². The van der Waals surface area contributed by atoms with Gasteiger partial charge >= 0.3 is 0 Å². The first-order valence-electron chi connectivity index (χ1n) is 11.2. The third kappa shape index (κ3) is 2.82. The van der Waals surface area contributed by atoms with Crippen molar-refractivity contribution in [2.45, 2.75) is 38.5 Å². The Morgan fingerprint density at radius 2 is 1.68 bits per heavy atom. The Bertz CT molecular complexity index is 1410. The zero-order chi connectivity index (χ0) is 20.9. The second-order valence-electron chi connectivity index (χ2n) is 8.68. The molecule has 0 saturated heterocycles. The molecule has 154 valence electrons. The van der Waals surface area contributed by atoms with Crippen molar-refractivity contribution in [2.24, 2.45) is 7.05 Å². The van der Waals surface area contributed by atoms with Crippen LogP contribution in [0.5, 0.6) is 0 Å². The summed E-state index contributed by atoms with van der Waals surface area (Å²) < 4.78 is 10.9. The van der Waals surface area contributed by atoms with E-state index in [9.17, 15) is 0 Å². The molecular weight excluding hydrogens is 382 g/mol. The Morgan fingerprint density at radius 3 is 2.48 bits per heavy atom. The molecule has 3 aromatic carbocycles. The summed E-state index contributed by atoms with van der Waals surface area (Å²) in [6.07, 6.45) is 4.90. The molecule has 2 aromatic heterocycles. The van der Waals surface area contributed by atoms with Crippen LogP contribution in [0.4, 0.5) is 0 Å². The molecule has 4 nitrogen and oxygen atoms in total. The molecule has 1 aliphatic carbocycles. The normalized spacial score (nSPS) is 14.8. The number of nitrogens with zero attached hydrogens (tertiary/aromatic N) is 3. The molecule has 0 bridgehead atoms. The van der Waals surface area contributed by atoms with Crippen LogP contribution in [0.15, 0.2) is 71.1 Å². The van der Waals surface area contributed by atoms with Crippen LogP contribution in [0.3, 0.4) is 0 Å². The highest BCUT2D eigenvalue weighted by atomic mass is 16.3. The van der Waals surface area contributed by atoms with Crippen molar-refractivity contribution in [3.63, 3.8) is 0 Å². The second kappa shape index (κ2) is 7.09. The zero-order valence-electron chi connectivity index (χ0n) is 18.0. The van der Waals surface area contributed by atoms with Crippen molar-refractivity contribution in [2.75, 3.05) is 0 Å². The number of rotatable bonds is 3. The first-order valence-corrected chi connectivity index (χ1v) is 11.2. The molecule has 1 aliphatic rings. The maximum atomic E-state index is 6.30. The topological polar surface area (TPSA) is 34.8 Å². The van der Waals surface area contributed by atoms with Gasteiger partial charge in [0.15, 0.2) is 22.5 Å². The van der Waals surface area contributed by atoms with Crippen LogP contribution in [-0.4, -0.2) is 9.55 Å². The standard InChI is InChI=1S/C27H26N3O/c1-18-16-17-23-25(28-26(31-23)19-10-6-7-11-19)24(18)27-29(2)21-14-8-9-15-22(21)30(27)20-12-4-3-5-13-20/h3-5,8-9,12-17,19H,6-7,10-11H2,1-2H3/q+1. The van der Waals surface area contributed by atoms with E-state index < -0.39 is 0 Å². The summed E-state index contributed by atoms with van der Waals surface area (Å²) in [7, 11) is 2.15. The molecular formula is C27H26N3O+. The smallest absolute Gasteiger partial charge is 0.297 e. The molecule has 4 heteroatoms. The Morgan fingerprint density at radius 1 is 0.935 bits per heavy atom. The van der Waals surface area contributed by atoms with Gasteiger partial charge in [-0.2, -0.15) is 4.57 Å². The summed E-state index contributed by atoms with van der Waals surface area (Å²) in [6.45, 7) is 2.17. The van der Waals surface area contributed by atoms with E-state index in [1.807, 2.05) is 0 Å². The van der Waals surface area contributed by atoms with E-state index in [4.69, 9.17) is 9.40 Å². The SMILES string of the molecule is Cc1ccc2oc(C3CCCC3)nc2c1-c1n(-c2ccccc2)c2ccccc2[n+]1C. The maximum absolute atomic E-state index is 6.30. The lowest BCUT2D eigenvalue weighted by molar-refractivity contribution is -0.633. The third-order valence-electron chi connectivity index (χ3n) is 6.74. The van der Waals surface area contributed by atoms with Gasteiger partial charge in [-0.1, -0.05) is 49.2 Å². The number of para-hydroxylation sites is 3. The molecule has 0 spiro atoms. The number of hydrogen-bond donors (Lipinski definition) is 0. The molecule has 0 N–H and O–H groups in total. The predicted octanol–water partition coefficient (Wildman–Crippen LogP) is 6.23. The summed E-state index contributed by atoms with van der Waals surface area (Å²) in [6, 6.07) is 23.4. The lowest BCUT2D eigenvalue weighted by atomic mass is 10.1. The summed E-state index contributed by atoms with van der Waals surface area (Å²) in [5.74, 6) is 2.49. The van der Waals surface area contributed by atoms with Crippen LogP contribution in [0.2, 0.25) is 0 Å². The molecule has 5 aromatic rings. The number of hydrogen-bond acceptors (Lipinski definition) is 2. The van der Waals surface area contributed by atoms with Crippen LogP contribution < -0.4 is 4.57 Å². The van der Waals surface area contributed by atoms with Crippen LogP contribution in [0, 0.1) is 6.92 Å². The van der Waals surface area contributed by atoms with E-state index in [1.165, 1.54) is 42.3 Å². The molecule has 0 atom stereocenters. The number of aromatic nitrogens is 3. The minimum Gasteiger partial charge on any atom is -0.440 e. The monoisotopic (exact) mass is 408 g/mol. The van der Waals surface area contributed by atoms with Gasteiger partial charge in [0.05, 0.1) is 12.6 Å². The fourth-order valence-corrected chi connectivity index (χ4v) is 5.17. The van der Waals surface area contributed by atoms with Gasteiger partial charge in [0.25, 0.3) is 5.82 Å². The maximum Gasteiger partial charge on any atom is 0.297 e. The second-order valence-corrected chi connectivity index (χ2v) is 8.68. The molecule has 2 heterocycles. The lowest BCUT2D eigenvalue weighted by Gasteiger charge is -2.07. The number of benzene rings is 3. The average Bonchev–Trinajstić information content (AvgIpc) is 3.53. The van der Waals surface area contributed by atoms with Gasteiger partial charge in [-0.05, 0) is 55.7 Å². The Hall–Kier alpha value is -3.40. The highest BCUT2D eigenvalue weighted by Crippen LogP contribution is 2.39. The number of imidazole rings is 1. The van der Waals surface area contributed by atoms with E-state index in [0.29, 0.717) is 5.92 Å². The predicted molar refractivity (Wildman–Crippen MR) is 123 cm³/mol. The summed E-state index contributed by atoms with van der Waals surface area (Å²) in [4.78, 5) is 5.08. The fourth-order valence-electron chi connectivity index (χ4n) is 5.17. The van der Waals surface area contributed by atoms with Crippen LogP contribution in [-0.2, 0) is 7.05 Å². The van der Waals surface area contributed by atoms with Crippen molar-refractivity contribution in [1.82, 2.24) is 9.55 Å². The minimum absolute atomic E-state index is 0.453. The average molecular weight is 409 g/mol. The quantitative estimate of drug-likeness (QED) is 0.332. The lowest BCUT2D eigenvalue weighted by Crippen LogP contribution is -2.30. The van der Waals surface area contributed by atoms with E-state index in [-0.39, 0.29) is 0 Å². The first kappa shape index (κ1) is 18.4. The van der Waals surface area contributed by atoms with Crippen molar-refractivity contribution in [3.05, 3.63) is 78.2 Å². The molecule has 6 rings (SSSR count). The number of oxazole rings is 1. The summed E-state index contributed by atoms with van der Waals surface area (Å²) >= 11 is 0. The van der Waals surface area contributed by atoms with Crippen molar-refractivity contribution in [1.29, 1.82) is 0 Å². The molecule has 0 unspecified atom stereocenters. The Labute approximate surface area is 181 Å². The van der Waals surface area contributed by atoms with Gasteiger partial charge in [-0.3, -0.25) is 0 Å². The molecule has 1 fully saturated rings. The van der Waals surface area contributed by atoms with Gasteiger partial charge in [0, 0.05) is 5.92 Å². The third-order valence-corrected chi connectivity index (χ3v) is 6.74. The highest BCUT2D eigenvalue weighted by molar-refractivity contribution is 5.92.